The van der Waals surface area contributed by atoms with Crippen LogP contribution in [0.4, 0.5) is 17.1 Å². The van der Waals surface area contributed by atoms with E-state index in [0.29, 0.717) is 0 Å². The van der Waals surface area contributed by atoms with E-state index in [2.05, 4.69) is 254 Å². The molecule has 2 aromatic heterocycles. The average Bonchev–Trinajstić information content (AvgIpc) is 3.80. The van der Waals surface area contributed by atoms with E-state index in [1.54, 1.807) is 0 Å². The fraction of sp³-hybridized carbons (Fsp3) is 0.0500. The van der Waals surface area contributed by atoms with E-state index in [9.17, 15) is 0 Å². The second-order valence-corrected chi connectivity index (χ2v) is 16.8. The molecule has 0 saturated heterocycles. The van der Waals surface area contributed by atoms with Crippen LogP contribution in [0.15, 0.2) is 225 Å². The van der Waals surface area contributed by atoms with Crippen molar-refractivity contribution in [3.63, 3.8) is 0 Å². The molecule has 1 aliphatic carbocycles. The van der Waals surface area contributed by atoms with Crippen molar-refractivity contribution in [1.82, 2.24) is 9.55 Å². The summed E-state index contributed by atoms with van der Waals surface area (Å²) in [5, 5.41) is 1.25. The summed E-state index contributed by atoms with van der Waals surface area (Å²) < 4.78 is 2.47. The first-order valence-electron chi connectivity index (χ1n) is 21.7. The molecule has 0 unspecified atom stereocenters. The topological polar surface area (TPSA) is 21.1 Å². The van der Waals surface area contributed by atoms with Gasteiger partial charge in [-0.3, -0.25) is 4.98 Å². The highest BCUT2D eigenvalue weighted by Gasteiger charge is 2.37. The van der Waals surface area contributed by atoms with Gasteiger partial charge in [-0.25, -0.2) is 0 Å². The van der Waals surface area contributed by atoms with Crippen LogP contribution in [0, 0.1) is 0 Å². The minimum atomic E-state index is -0.224. The van der Waals surface area contributed by atoms with Gasteiger partial charge in [0.25, 0.3) is 0 Å². The van der Waals surface area contributed by atoms with Crippen molar-refractivity contribution in [3.8, 4) is 50.5 Å². The minimum Gasteiger partial charge on any atom is -0.311 e. The van der Waals surface area contributed by atoms with E-state index >= 15 is 0 Å². The van der Waals surface area contributed by atoms with Crippen LogP contribution in [0.5, 0.6) is 0 Å². The van der Waals surface area contributed by atoms with Crippen molar-refractivity contribution in [2.45, 2.75) is 19.3 Å². The Kier molecular flexibility index (Phi) is 9.51. The van der Waals surface area contributed by atoms with E-state index in [1.807, 2.05) is 6.20 Å². The highest BCUT2D eigenvalue weighted by atomic mass is 15.1. The number of nitrogens with zero attached hydrogens (tertiary/aromatic N) is 3. The Morgan fingerprint density at radius 2 is 1.00 bits per heavy atom. The number of aromatic nitrogens is 2. The number of rotatable bonds is 9. The molecule has 0 N–H and O–H groups in total. The van der Waals surface area contributed by atoms with Gasteiger partial charge in [0.15, 0.2) is 0 Å². The molecule has 10 aromatic rings. The van der Waals surface area contributed by atoms with Crippen LogP contribution in [-0.2, 0) is 5.41 Å². The van der Waals surface area contributed by atoms with Gasteiger partial charge in [-0.05, 0) is 117 Å². The van der Waals surface area contributed by atoms with Gasteiger partial charge < -0.3 is 9.47 Å². The Morgan fingerprint density at radius 3 is 1.62 bits per heavy atom. The van der Waals surface area contributed by atoms with E-state index in [1.165, 1.54) is 55.5 Å². The number of fused-ring (bicyclic) bond motifs is 4. The number of hydrogen-bond donors (Lipinski definition) is 0. The van der Waals surface area contributed by atoms with Gasteiger partial charge in [0.1, 0.15) is 0 Å². The van der Waals surface area contributed by atoms with Crippen LogP contribution in [0.3, 0.4) is 0 Å². The lowest BCUT2D eigenvalue weighted by Crippen LogP contribution is -2.15. The molecule has 0 atom stereocenters. The van der Waals surface area contributed by atoms with Gasteiger partial charge >= 0.3 is 0 Å². The zero-order valence-electron chi connectivity index (χ0n) is 35.4. The molecular weight excluding hydrogens is 763 g/mol. The Labute approximate surface area is 369 Å². The molecular formula is C60H45N3. The third kappa shape index (κ3) is 6.85. The third-order valence-electron chi connectivity index (χ3n) is 12.6. The smallest absolute Gasteiger partial charge is 0.0702 e. The van der Waals surface area contributed by atoms with Crippen LogP contribution >= 0.6 is 0 Å². The minimum absolute atomic E-state index is 0.224. The Balaban J connectivity index is 0.919. The maximum absolute atomic E-state index is 4.99. The summed E-state index contributed by atoms with van der Waals surface area (Å²) in [4.78, 5) is 7.27. The van der Waals surface area contributed by atoms with Crippen molar-refractivity contribution < 1.29 is 0 Å². The maximum Gasteiger partial charge on any atom is 0.0702 e. The van der Waals surface area contributed by atoms with E-state index in [-0.39, 0.29) is 5.41 Å². The summed E-state index contributed by atoms with van der Waals surface area (Å²) in [5.74, 6) is 0. The zero-order chi connectivity index (χ0) is 42.3. The first-order valence-corrected chi connectivity index (χ1v) is 21.7. The monoisotopic (exact) mass is 807 g/mol. The first-order chi connectivity index (χ1) is 31.0. The normalized spacial score (nSPS) is 12.7. The number of pyridine rings is 1. The van der Waals surface area contributed by atoms with Crippen molar-refractivity contribution in [2.75, 3.05) is 4.90 Å². The second kappa shape index (κ2) is 15.8. The number of anilines is 3. The molecule has 0 bridgehead atoms. The highest BCUT2D eigenvalue weighted by molar-refractivity contribution is 6.08. The predicted molar refractivity (Wildman–Crippen MR) is 265 cm³/mol. The van der Waals surface area contributed by atoms with Crippen molar-refractivity contribution >= 4 is 40.1 Å². The average molecular weight is 808 g/mol. The van der Waals surface area contributed by atoms with Crippen molar-refractivity contribution in [2.24, 2.45) is 0 Å². The van der Waals surface area contributed by atoms with Crippen LogP contribution < -0.4 is 4.90 Å². The van der Waals surface area contributed by atoms with Gasteiger partial charge in [-0.15, -0.1) is 0 Å². The fourth-order valence-corrected chi connectivity index (χ4v) is 9.49. The van der Waals surface area contributed by atoms with Crippen LogP contribution in [-0.4, -0.2) is 9.55 Å². The molecule has 1 aliphatic rings. The second-order valence-electron chi connectivity index (χ2n) is 16.8. The SMILES string of the molecule is CC1(C)c2cc(-c3ccc(/C=C/c4ccc(N(c5ccccc5)c5ccccc5)cc4)cn3)ccc2-c2cc3c(-c4ccccc4)c(-c4ccccc4)n(-c4ccccc4)c3cc21. The van der Waals surface area contributed by atoms with Gasteiger partial charge in [0.05, 0.1) is 16.9 Å². The molecule has 8 aromatic carbocycles. The molecule has 3 heteroatoms. The Bertz CT molecular complexity index is 3200. The summed E-state index contributed by atoms with van der Waals surface area (Å²) in [7, 11) is 0. The summed E-state index contributed by atoms with van der Waals surface area (Å²) in [6.45, 7) is 4.74. The van der Waals surface area contributed by atoms with Gasteiger partial charge in [-0.1, -0.05) is 172 Å². The van der Waals surface area contributed by atoms with Crippen molar-refractivity contribution in [1.29, 1.82) is 0 Å². The predicted octanol–water partition coefficient (Wildman–Crippen LogP) is 16.0. The fourth-order valence-electron chi connectivity index (χ4n) is 9.49. The molecule has 63 heavy (non-hydrogen) atoms. The molecule has 0 amide bonds. The first kappa shape index (κ1) is 38.0. The Morgan fingerprint density at radius 1 is 0.460 bits per heavy atom. The van der Waals surface area contributed by atoms with Gasteiger partial charge in [0.2, 0.25) is 0 Å². The number of benzene rings is 8. The maximum atomic E-state index is 4.99. The molecule has 300 valence electrons. The third-order valence-corrected chi connectivity index (χ3v) is 12.6. The van der Waals surface area contributed by atoms with Gasteiger partial charge in [0, 0.05) is 50.9 Å². The molecule has 0 fully saturated rings. The number of para-hydroxylation sites is 3. The number of hydrogen-bond acceptors (Lipinski definition) is 2. The summed E-state index contributed by atoms with van der Waals surface area (Å²) in [6.07, 6.45) is 6.27. The lowest BCUT2D eigenvalue weighted by Gasteiger charge is -2.25. The quantitative estimate of drug-likeness (QED) is 0.145. The van der Waals surface area contributed by atoms with Crippen molar-refractivity contribution in [3.05, 3.63) is 247 Å². The molecule has 3 nitrogen and oxygen atoms in total. The highest BCUT2D eigenvalue weighted by Crippen LogP contribution is 2.53. The molecule has 2 heterocycles. The van der Waals surface area contributed by atoms with E-state index in [0.717, 1.165) is 45.1 Å². The summed E-state index contributed by atoms with van der Waals surface area (Å²) in [5.41, 5.74) is 19.9. The molecule has 0 aliphatic heterocycles. The summed E-state index contributed by atoms with van der Waals surface area (Å²) >= 11 is 0. The zero-order valence-corrected chi connectivity index (χ0v) is 35.4. The van der Waals surface area contributed by atoms with E-state index in [4.69, 9.17) is 4.98 Å². The Hall–Kier alpha value is -8.01. The summed E-state index contributed by atoms with van der Waals surface area (Å²) in [6, 6.07) is 78.4. The largest absolute Gasteiger partial charge is 0.311 e. The molecule has 0 saturated carbocycles. The van der Waals surface area contributed by atoms with Crippen LogP contribution in [0.1, 0.15) is 36.1 Å². The lowest BCUT2D eigenvalue weighted by atomic mass is 9.81. The molecule has 0 spiro atoms. The van der Waals surface area contributed by atoms with Crippen LogP contribution in [0.2, 0.25) is 0 Å². The molecule has 11 rings (SSSR count). The lowest BCUT2D eigenvalue weighted by molar-refractivity contribution is 0.661. The molecule has 0 radical (unpaired) electrons. The standard InChI is InChI=1S/C60H45N3/c1-60(2)54-38-46(56-37-32-43(41-61-56)29-28-42-30-34-50(35-31-42)62(47-22-12-5-13-23-47)48-24-14-6-15-25-48)33-36-51(54)52-39-53-57(40-55(52)60)63(49-26-16-7-17-27-49)59(45-20-10-4-11-21-45)58(53)44-18-8-3-9-19-44/h3-41H,1-2H3/b29-28+. The van der Waals surface area contributed by atoms with E-state index < -0.39 is 0 Å². The van der Waals surface area contributed by atoms with Gasteiger partial charge in [-0.2, -0.15) is 0 Å². The van der Waals surface area contributed by atoms with Crippen LogP contribution in [0.25, 0.3) is 73.5 Å².